The van der Waals surface area contributed by atoms with Crippen LogP contribution in [0.4, 0.5) is 0 Å². The van der Waals surface area contributed by atoms with E-state index >= 15 is 0 Å². The van der Waals surface area contributed by atoms with Crippen LogP contribution in [-0.4, -0.2) is 10.1 Å². The van der Waals surface area contributed by atoms with Crippen molar-refractivity contribution in [2.24, 2.45) is 0 Å². The Bertz CT molecular complexity index is 3.61. The Morgan fingerprint density at radius 3 is 0.800 bits per heavy atom. The van der Waals surface area contributed by atoms with Gasteiger partial charge in [0.05, 0.1) is 0 Å². The fraction of sp³-hybridized carbons (Fsp3) is 0. The zero-order valence-corrected chi connectivity index (χ0v) is 7.17. The first kappa shape index (κ1) is 15.8. The minimum atomic E-state index is 0. The summed E-state index contributed by atoms with van der Waals surface area (Å²) in [5, 5.41) is 0. The van der Waals surface area contributed by atoms with Gasteiger partial charge in [-0.3, -0.25) is 0 Å². The Morgan fingerprint density at radius 1 is 0.800 bits per heavy atom. The minimum absolute atomic E-state index is 0. The van der Waals surface area contributed by atoms with Gasteiger partial charge in [-0.1, -0.05) is 0 Å². The van der Waals surface area contributed by atoms with Gasteiger partial charge in [0.2, 0.25) is 0 Å². The van der Waals surface area contributed by atoms with Crippen LogP contribution in [0.2, 0.25) is 0 Å². The molecular weight excluding hydrogens is 133 g/mol. The van der Waals surface area contributed by atoms with E-state index in [0.717, 1.165) is 0 Å². The molecule has 0 aliphatic carbocycles. The number of hydrogen-bond acceptors (Lipinski definition) is 0. The maximum absolute atomic E-state index is 2.89. The molecule has 0 saturated carbocycles. The van der Waals surface area contributed by atoms with Gasteiger partial charge in [-0.15, -0.1) is 0 Å². The van der Waals surface area contributed by atoms with Crippen molar-refractivity contribution in [3.8, 4) is 0 Å². The Kier molecular flexibility index (Phi) is 125. The van der Waals surface area contributed by atoms with E-state index in [4.69, 9.17) is 0 Å². The van der Waals surface area contributed by atoms with Crippen LogP contribution >= 0.6 is 35.7 Å². The van der Waals surface area contributed by atoms with Crippen LogP contribution in [-0.2, 0) is 0 Å². The average molecular weight is 139 g/mol. The van der Waals surface area contributed by atoms with E-state index in [-0.39, 0.29) is 10.1 Å². The molecule has 0 amide bonds. The van der Waals surface area contributed by atoms with E-state index in [2.05, 4.69) is 35.7 Å². The summed E-state index contributed by atoms with van der Waals surface area (Å²) in [6.07, 6.45) is 0. The summed E-state index contributed by atoms with van der Waals surface area (Å²) in [5.41, 5.74) is 0. The molecule has 5 heavy (non-hydrogen) atoms. The molecule has 2 atom stereocenters. The summed E-state index contributed by atoms with van der Waals surface area (Å²) in [5.74, 6) is 0. The van der Waals surface area contributed by atoms with E-state index < -0.39 is 0 Å². The quantitative estimate of drug-likeness (QED) is 0.352. The third-order valence-corrected chi connectivity index (χ3v) is 0. The first-order valence-corrected chi connectivity index (χ1v) is 5.20. The zero-order chi connectivity index (χ0) is 4.00. The normalized spacial score (nSPS) is 2.40. The summed E-state index contributed by atoms with van der Waals surface area (Å²) < 4.78 is 0. The molecule has 0 N–H and O–H groups in total. The van der Waals surface area contributed by atoms with E-state index in [9.17, 15) is 0 Å². The first-order chi connectivity index (χ1) is 2.00. The second kappa shape index (κ2) is 39.5. The molecule has 0 radical (unpaired) electrons. The average Bonchev–Trinajstić information content (AvgIpc) is 1.50. The standard InChI is InChI=1S/Be.2H3P2/c;2*1-2/h;2*1H,2H2/q+2;2*-1. The van der Waals surface area contributed by atoms with Crippen LogP contribution in [0.15, 0.2) is 0 Å². The predicted molar refractivity (Wildman–Crippen MR) is 41.8 cm³/mol. The molecule has 0 aromatic carbocycles. The molecule has 0 nitrogen and oxygen atoms in total. The molecule has 5 heteroatoms. The summed E-state index contributed by atoms with van der Waals surface area (Å²) >= 11 is 0. The van der Waals surface area contributed by atoms with Gasteiger partial charge in [-0.05, 0) is 0 Å². The molecule has 0 aliphatic heterocycles. The molecule has 28 valence electrons. The molecule has 0 rings (SSSR count). The van der Waals surface area contributed by atoms with Gasteiger partial charge >= 0.3 is 10.1 Å². The van der Waals surface area contributed by atoms with Crippen molar-refractivity contribution in [2.75, 3.05) is 0 Å². The van der Waals surface area contributed by atoms with Gasteiger partial charge in [-0.25, -0.2) is 0 Å². The van der Waals surface area contributed by atoms with E-state index in [0.29, 0.717) is 0 Å². The first-order valence-electron chi connectivity index (χ1n) is 0.577. The Labute approximate surface area is 46.5 Å². The molecule has 0 spiro atoms. The van der Waals surface area contributed by atoms with E-state index in [1.165, 1.54) is 0 Å². The predicted octanol–water partition coefficient (Wildman–Crippen LogP) is 1.46. The van der Waals surface area contributed by atoms with Gasteiger partial charge in [0.25, 0.3) is 0 Å². The van der Waals surface area contributed by atoms with Gasteiger partial charge in [0.1, 0.15) is 0 Å². The maximum atomic E-state index is 2.89. The summed E-state index contributed by atoms with van der Waals surface area (Å²) in [7, 11) is 10.2. The van der Waals surface area contributed by atoms with Crippen LogP contribution in [0.1, 0.15) is 0 Å². The molecule has 0 fully saturated rings. The molecule has 0 aromatic rings. The van der Waals surface area contributed by atoms with Crippen LogP contribution in [0.3, 0.4) is 0 Å². The third-order valence-electron chi connectivity index (χ3n) is 0. The van der Waals surface area contributed by atoms with Gasteiger partial charge in [0, 0.05) is 0 Å². The van der Waals surface area contributed by atoms with Crippen LogP contribution < -0.4 is 0 Å². The zero-order valence-electron chi connectivity index (χ0n) is 2.86. The molecule has 0 aromatic heterocycles. The van der Waals surface area contributed by atoms with E-state index in [1.54, 1.807) is 0 Å². The Balaban J connectivity index is -0.0000000133. The molecule has 0 saturated heterocycles. The van der Waals surface area contributed by atoms with Crippen molar-refractivity contribution in [1.82, 2.24) is 0 Å². The fourth-order valence-corrected chi connectivity index (χ4v) is 0. The summed E-state index contributed by atoms with van der Waals surface area (Å²) in [6.45, 7) is 0. The molecule has 0 aliphatic rings. The SMILES string of the molecule is [Be+2].[PH-]P.[PH-]P. The van der Waals surface area contributed by atoms with Crippen molar-refractivity contribution in [1.29, 1.82) is 0 Å². The van der Waals surface area contributed by atoms with Crippen molar-refractivity contribution in [3.05, 3.63) is 0 Å². The minimum Gasteiger partial charge on any atom is -0.533 e. The molecule has 0 heterocycles. The molecule has 0 bridgehead atoms. The summed E-state index contributed by atoms with van der Waals surface area (Å²) in [6, 6.07) is 0. The van der Waals surface area contributed by atoms with Crippen molar-refractivity contribution >= 4 is 45.8 Å². The Hall–Kier alpha value is 1.89. The smallest absolute Gasteiger partial charge is 0.533 e. The summed E-state index contributed by atoms with van der Waals surface area (Å²) in [4.78, 5) is 0. The monoisotopic (exact) mass is 139 g/mol. The second-order valence-electron chi connectivity index (χ2n) is 0. The van der Waals surface area contributed by atoms with Crippen molar-refractivity contribution in [2.45, 2.75) is 0 Å². The maximum Gasteiger partial charge on any atom is 2.00 e. The fourth-order valence-electron chi connectivity index (χ4n) is 0. The number of hydrogen-bond donors (Lipinski definition) is 0. The Morgan fingerprint density at radius 2 is 0.800 bits per heavy atom. The van der Waals surface area contributed by atoms with Crippen molar-refractivity contribution in [3.63, 3.8) is 0 Å². The largest absolute Gasteiger partial charge is 2.00 e. The van der Waals surface area contributed by atoms with Crippen molar-refractivity contribution < 1.29 is 0 Å². The van der Waals surface area contributed by atoms with Gasteiger partial charge < -0.3 is 35.7 Å². The second-order valence-corrected chi connectivity index (χ2v) is 0. The van der Waals surface area contributed by atoms with Crippen LogP contribution in [0.25, 0.3) is 0 Å². The number of rotatable bonds is 0. The van der Waals surface area contributed by atoms with Crippen LogP contribution in [0, 0.1) is 0 Å². The van der Waals surface area contributed by atoms with E-state index in [1.807, 2.05) is 0 Å². The third kappa shape index (κ3) is 25.0. The van der Waals surface area contributed by atoms with Gasteiger partial charge in [0.15, 0.2) is 0 Å². The van der Waals surface area contributed by atoms with Gasteiger partial charge in [-0.2, -0.15) is 0 Å². The van der Waals surface area contributed by atoms with Crippen LogP contribution in [0.5, 0.6) is 0 Å². The topological polar surface area (TPSA) is 0 Å². The molecule has 2 unspecified atom stereocenters. The molecular formula is H6BeP4.